The molecular formula is C46H26O3. The van der Waals surface area contributed by atoms with Gasteiger partial charge in [0.1, 0.15) is 22.5 Å². The molecule has 0 aliphatic heterocycles. The molecule has 0 atom stereocenters. The van der Waals surface area contributed by atoms with Gasteiger partial charge in [-0.05, 0) is 80.2 Å². The van der Waals surface area contributed by atoms with Crippen LogP contribution in [-0.2, 0) is 0 Å². The smallest absolute Gasteiger partial charge is 0.178 e. The van der Waals surface area contributed by atoms with Crippen LogP contribution in [0.1, 0.15) is 0 Å². The van der Waals surface area contributed by atoms with E-state index in [-0.39, 0.29) is 0 Å². The number of fused-ring (bicyclic) bond motifs is 10. The van der Waals surface area contributed by atoms with Gasteiger partial charge in [-0.1, -0.05) is 121 Å². The van der Waals surface area contributed by atoms with Crippen LogP contribution in [0.3, 0.4) is 0 Å². The van der Waals surface area contributed by atoms with Gasteiger partial charge in [0.2, 0.25) is 0 Å². The van der Waals surface area contributed by atoms with Gasteiger partial charge in [0.25, 0.3) is 0 Å². The maximum Gasteiger partial charge on any atom is 0.178 e. The Morgan fingerprint density at radius 2 is 0.816 bits per heavy atom. The van der Waals surface area contributed by atoms with Crippen molar-refractivity contribution in [2.75, 3.05) is 0 Å². The summed E-state index contributed by atoms with van der Waals surface area (Å²) in [4.78, 5) is 0. The van der Waals surface area contributed by atoms with Crippen molar-refractivity contribution < 1.29 is 13.3 Å². The van der Waals surface area contributed by atoms with E-state index in [2.05, 4.69) is 115 Å². The van der Waals surface area contributed by atoms with Gasteiger partial charge in [-0.3, -0.25) is 0 Å². The van der Waals surface area contributed by atoms with E-state index in [1.165, 1.54) is 32.7 Å². The van der Waals surface area contributed by atoms with Crippen LogP contribution < -0.4 is 0 Å². The normalized spacial score (nSPS) is 12.1. The molecule has 3 heterocycles. The fourth-order valence-electron chi connectivity index (χ4n) is 7.92. The van der Waals surface area contributed by atoms with Crippen molar-refractivity contribution >= 4 is 76.4 Å². The number of furan rings is 3. The van der Waals surface area contributed by atoms with Crippen molar-refractivity contribution in [1.82, 2.24) is 0 Å². The van der Waals surface area contributed by atoms with E-state index in [0.717, 1.165) is 77.3 Å². The summed E-state index contributed by atoms with van der Waals surface area (Å²) < 4.78 is 19.6. The summed E-state index contributed by atoms with van der Waals surface area (Å²) in [5.41, 5.74) is 9.81. The van der Waals surface area contributed by atoms with Gasteiger partial charge in [-0.2, -0.15) is 0 Å². The van der Waals surface area contributed by atoms with Crippen LogP contribution in [0.25, 0.3) is 110 Å². The molecule has 11 rings (SSSR count). The minimum Gasteiger partial charge on any atom is -0.456 e. The third kappa shape index (κ3) is 3.78. The summed E-state index contributed by atoms with van der Waals surface area (Å²) in [6.45, 7) is 0. The molecule has 0 unspecified atom stereocenters. The monoisotopic (exact) mass is 626 g/mol. The molecule has 0 spiro atoms. The molecule has 0 bridgehead atoms. The summed E-state index contributed by atoms with van der Waals surface area (Å²) in [6.07, 6.45) is 0. The van der Waals surface area contributed by atoms with Crippen LogP contribution >= 0.6 is 0 Å². The van der Waals surface area contributed by atoms with Crippen LogP contribution in [0, 0.1) is 0 Å². The average Bonchev–Trinajstić information content (AvgIpc) is 3.87. The molecule has 49 heavy (non-hydrogen) atoms. The van der Waals surface area contributed by atoms with Crippen LogP contribution in [-0.4, -0.2) is 0 Å². The molecule has 0 saturated heterocycles. The molecule has 11 aromatic rings. The first-order valence-corrected chi connectivity index (χ1v) is 16.6. The summed E-state index contributed by atoms with van der Waals surface area (Å²) in [6, 6.07) is 55.5. The Morgan fingerprint density at radius 3 is 1.51 bits per heavy atom. The maximum absolute atomic E-state index is 6.74. The summed E-state index contributed by atoms with van der Waals surface area (Å²) >= 11 is 0. The molecule has 3 heteroatoms. The van der Waals surface area contributed by atoms with E-state index in [4.69, 9.17) is 13.3 Å². The van der Waals surface area contributed by atoms with Crippen LogP contribution in [0.15, 0.2) is 171 Å². The summed E-state index contributed by atoms with van der Waals surface area (Å²) in [5.74, 6) is 0.814. The lowest BCUT2D eigenvalue weighted by molar-refractivity contribution is 0.611. The van der Waals surface area contributed by atoms with E-state index in [1.807, 2.05) is 42.5 Å². The second-order valence-corrected chi connectivity index (χ2v) is 12.8. The molecule has 0 N–H and O–H groups in total. The van der Waals surface area contributed by atoms with E-state index >= 15 is 0 Å². The fraction of sp³-hybridized carbons (Fsp3) is 0. The first-order chi connectivity index (χ1) is 24.3. The Bertz CT molecular complexity index is 3040. The van der Waals surface area contributed by atoms with Gasteiger partial charge >= 0.3 is 0 Å². The zero-order valence-electron chi connectivity index (χ0n) is 26.2. The highest BCUT2D eigenvalue weighted by molar-refractivity contribution is 6.27. The summed E-state index contributed by atoms with van der Waals surface area (Å²) in [5, 5.41) is 10.1. The van der Waals surface area contributed by atoms with Crippen molar-refractivity contribution in [3.05, 3.63) is 158 Å². The largest absolute Gasteiger partial charge is 0.456 e. The molecule has 0 radical (unpaired) electrons. The van der Waals surface area contributed by atoms with E-state index in [0.29, 0.717) is 0 Å². The topological polar surface area (TPSA) is 39.4 Å². The van der Waals surface area contributed by atoms with E-state index in [1.54, 1.807) is 0 Å². The molecule has 3 aromatic heterocycles. The van der Waals surface area contributed by atoms with Crippen molar-refractivity contribution in [3.8, 4) is 33.6 Å². The number of rotatable bonds is 3. The second-order valence-electron chi connectivity index (χ2n) is 12.8. The molecular weight excluding hydrogens is 601 g/mol. The molecule has 8 aromatic carbocycles. The van der Waals surface area contributed by atoms with E-state index in [9.17, 15) is 0 Å². The SMILES string of the molecule is c1ccc(-c2cc3c(-c4c5ccccc5c(-c5ccc6c(c5)oc5ccccc56)c5ccccc45)cc4c5ccccc5oc4c3o2)cc1. The Kier molecular flexibility index (Phi) is 5.38. The minimum absolute atomic E-state index is 0.759. The Balaban J connectivity index is 1.27. The van der Waals surface area contributed by atoms with Crippen molar-refractivity contribution in [2.45, 2.75) is 0 Å². The Labute approximate surface area is 280 Å². The number of hydrogen-bond acceptors (Lipinski definition) is 3. The lowest BCUT2D eigenvalue weighted by Crippen LogP contribution is -1.91. The highest BCUT2D eigenvalue weighted by Crippen LogP contribution is 2.49. The van der Waals surface area contributed by atoms with Crippen LogP contribution in [0.2, 0.25) is 0 Å². The minimum atomic E-state index is 0.759. The van der Waals surface area contributed by atoms with Crippen LogP contribution in [0.5, 0.6) is 0 Å². The van der Waals surface area contributed by atoms with Crippen molar-refractivity contribution in [3.63, 3.8) is 0 Å². The Morgan fingerprint density at radius 1 is 0.286 bits per heavy atom. The number of hydrogen-bond donors (Lipinski definition) is 0. The van der Waals surface area contributed by atoms with E-state index < -0.39 is 0 Å². The molecule has 0 fully saturated rings. The standard InChI is InChI=1S/C46H26O3/c1-2-12-27(13-3-1)41-26-38-36(25-37-30-15-9-11-21-40(30)48-45(37)46(38)49-41)44-34-18-6-4-16-32(34)43(33-17-5-7-19-35(33)44)28-22-23-31-29-14-8-10-20-39(29)47-42(31)24-28/h1-26H. The van der Waals surface area contributed by atoms with Gasteiger partial charge in [0, 0.05) is 32.5 Å². The molecule has 228 valence electrons. The van der Waals surface area contributed by atoms with Crippen molar-refractivity contribution in [1.29, 1.82) is 0 Å². The molecule has 0 amide bonds. The third-order valence-corrected chi connectivity index (χ3v) is 10.1. The Hall–Kier alpha value is -6.58. The van der Waals surface area contributed by atoms with Gasteiger partial charge in [-0.25, -0.2) is 0 Å². The zero-order chi connectivity index (χ0) is 32.1. The maximum atomic E-state index is 6.74. The number of benzene rings is 8. The van der Waals surface area contributed by atoms with Gasteiger partial charge in [0.05, 0.1) is 0 Å². The zero-order valence-corrected chi connectivity index (χ0v) is 26.2. The fourth-order valence-corrected chi connectivity index (χ4v) is 7.92. The first-order valence-electron chi connectivity index (χ1n) is 16.6. The van der Waals surface area contributed by atoms with Gasteiger partial charge < -0.3 is 13.3 Å². The molecule has 3 nitrogen and oxygen atoms in total. The third-order valence-electron chi connectivity index (χ3n) is 10.1. The molecule has 0 aliphatic rings. The lowest BCUT2D eigenvalue weighted by Gasteiger charge is -2.18. The quantitative estimate of drug-likeness (QED) is 0.183. The van der Waals surface area contributed by atoms with Gasteiger partial charge in [-0.15, -0.1) is 0 Å². The van der Waals surface area contributed by atoms with Crippen molar-refractivity contribution in [2.24, 2.45) is 0 Å². The lowest BCUT2D eigenvalue weighted by atomic mass is 9.84. The first kappa shape index (κ1) is 26.5. The van der Waals surface area contributed by atoms with Gasteiger partial charge in [0.15, 0.2) is 11.2 Å². The highest BCUT2D eigenvalue weighted by Gasteiger charge is 2.24. The predicted octanol–water partition coefficient (Wildman–Crippen LogP) is 13.5. The number of para-hydroxylation sites is 2. The molecule has 0 saturated carbocycles. The summed E-state index contributed by atoms with van der Waals surface area (Å²) in [7, 11) is 0. The molecule has 0 aliphatic carbocycles. The average molecular weight is 627 g/mol. The highest BCUT2D eigenvalue weighted by atomic mass is 16.4. The van der Waals surface area contributed by atoms with Crippen LogP contribution in [0.4, 0.5) is 0 Å². The predicted molar refractivity (Wildman–Crippen MR) is 202 cm³/mol. The second kappa shape index (κ2) is 9.96.